The zero-order valence-electron chi connectivity index (χ0n) is 41.8. The average Bonchev–Trinajstić information content (AvgIpc) is 4.15. The summed E-state index contributed by atoms with van der Waals surface area (Å²) < 4.78 is 4.91. The fourth-order valence-electron chi connectivity index (χ4n) is 13.4. The Bertz CT molecular complexity index is 4350. The molecule has 0 N–H and O–H groups in total. The van der Waals surface area contributed by atoms with Crippen LogP contribution in [0.3, 0.4) is 0 Å². The maximum absolute atomic E-state index is 2.68. The van der Waals surface area contributed by atoms with Crippen molar-refractivity contribution in [3.05, 3.63) is 326 Å². The minimum Gasteiger partial charge on any atom is -0.309 e. The first-order chi connectivity index (χ1) is 37.7. The van der Waals surface area contributed by atoms with E-state index in [4.69, 9.17) is 0 Å². The molecule has 76 heavy (non-hydrogen) atoms. The van der Waals surface area contributed by atoms with E-state index in [1.54, 1.807) is 0 Å². The zero-order chi connectivity index (χ0) is 50.2. The number of fused-ring (bicyclic) bond motifs is 9. The van der Waals surface area contributed by atoms with E-state index in [9.17, 15) is 0 Å². The van der Waals surface area contributed by atoms with Crippen molar-refractivity contribution >= 4 is 72.4 Å². The predicted molar refractivity (Wildman–Crippen MR) is 321 cm³/mol. The van der Waals surface area contributed by atoms with Gasteiger partial charge < -0.3 is 9.13 Å². The molecule has 0 atom stereocenters. The van der Waals surface area contributed by atoms with E-state index in [1.807, 2.05) is 0 Å². The Labute approximate surface area is 443 Å². The van der Waals surface area contributed by atoms with Crippen LogP contribution in [0.15, 0.2) is 303 Å². The summed E-state index contributed by atoms with van der Waals surface area (Å²) >= 11 is 0. The maximum atomic E-state index is 2.47. The van der Waals surface area contributed by atoms with Crippen LogP contribution in [-0.2, 0) is 5.41 Å². The number of hydrogen-bond acceptors (Lipinski definition) is 0. The lowest BCUT2D eigenvalue weighted by Gasteiger charge is -2.34. The summed E-state index contributed by atoms with van der Waals surface area (Å²) in [5.41, 5.74) is 16.7. The van der Waals surface area contributed by atoms with E-state index in [0.29, 0.717) is 0 Å². The van der Waals surface area contributed by atoms with Crippen LogP contribution in [0.25, 0.3) is 77.2 Å². The van der Waals surface area contributed by atoms with Crippen LogP contribution in [0.1, 0.15) is 22.3 Å². The van der Waals surface area contributed by atoms with Gasteiger partial charge in [-0.05, 0) is 126 Å². The molecule has 0 radical (unpaired) electrons. The molecule has 0 saturated heterocycles. The highest BCUT2D eigenvalue weighted by Crippen LogP contribution is 2.57. The van der Waals surface area contributed by atoms with E-state index in [-0.39, 0.29) is 0 Å². The maximum Gasteiger partial charge on any atom is 0.179 e. The van der Waals surface area contributed by atoms with Crippen LogP contribution in [0.4, 0.5) is 0 Å². The summed E-state index contributed by atoms with van der Waals surface area (Å²) in [7, 11) is -2.68. The Kier molecular flexibility index (Phi) is 10.2. The fraction of sp³-hybridized carbons (Fsp3) is 0.0137. The number of nitrogens with zero attached hydrogens (tertiary/aromatic N) is 2. The summed E-state index contributed by atoms with van der Waals surface area (Å²) in [5.74, 6) is 0. The van der Waals surface area contributed by atoms with E-state index in [0.717, 1.165) is 11.4 Å². The number of hydrogen-bond donors (Lipinski definition) is 0. The van der Waals surface area contributed by atoms with Crippen LogP contribution >= 0.6 is 0 Å². The molecule has 1 aliphatic rings. The fourth-order valence-corrected chi connectivity index (χ4v) is 18.1. The molecule has 15 rings (SSSR count). The van der Waals surface area contributed by atoms with Gasteiger partial charge in [-0.15, -0.1) is 0 Å². The molecule has 0 saturated carbocycles. The Balaban J connectivity index is 0.862. The van der Waals surface area contributed by atoms with Crippen molar-refractivity contribution in [3.63, 3.8) is 0 Å². The lowest BCUT2D eigenvalue weighted by molar-refractivity contribution is 0.769. The van der Waals surface area contributed by atoms with Crippen LogP contribution in [0.5, 0.6) is 0 Å². The summed E-state index contributed by atoms with van der Waals surface area (Å²) in [4.78, 5) is 0. The molecule has 2 aromatic heterocycles. The van der Waals surface area contributed by atoms with Crippen molar-refractivity contribution in [1.82, 2.24) is 9.13 Å². The molecular formula is C73H50N2Si. The molecule has 12 aromatic carbocycles. The molecule has 2 heterocycles. The molecule has 1 aliphatic carbocycles. The Morgan fingerprint density at radius 3 is 1.22 bits per heavy atom. The molecule has 3 heteroatoms. The monoisotopic (exact) mass is 982 g/mol. The topological polar surface area (TPSA) is 9.86 Å². The molecular weight excluding hydrogens is 933 g/mol. The third-order valence-electron chi connectivity index (χ3n) is 16.6. The van der Waals surface area contributed by atoms with Crippen molar-refractivity contribution < 1.29 is 0 Å². The summed E-state index contributed by atoms with van der Waals surface area (Å²) in [6.07, 6.45) is 0. The van der Waals surface area contributed by atoms with Gasteiger partial charge in [0.05, 0.1) is 27.5 Å². The van der Waals surface area contributed by atoms with E-state index >= 15 is 0 Å². The van der Waals surface area contributed by atoms with E-state index in [2.05, 4.69) is 312 Å². The normalized spacial score (nSPS) is 12.8. The second-order valence-corrected chi connectivity index (χ2v) is 24.1. The average molecular weight is 983 g/mol. The molecule has 0 fully saturated rings. The minimum absolute atomic E-state index is 0.462. The van der Waals surface area contributed by atoms with E-state index < -0.39 is 13.5 Å². The van der Waals surface area contributed by atoms with Crippen molar-refractivity contribution in [2.24, 2.45) is 0 Å². The molecule has 0 unspecified atom stereocenters. The third-order valence-corrected chi connectivity index (χ3v) is 21.4. The van der Waals surface area contributed by atoms with Crippen LogP contribution in [0, 0.1) is 0 Å². The van der Waals surface area contributed by atoms with Gasteiger partial charge in [-0.3, -0.25) is 0 Å². The van der Waals surface area contributed by atoms with Crippen molar-refractivity contribution in [2.75, 3.05) is 0 Å². The third kappa shape index (κ3) is 6.46. The van der Waals surface area contributed by atoms with Gasteiger partial charge in [0.2, 0.25) is 0 Å². The number of rotatable bonds is 9. The van der Waals surface area contributed by atoms with Gasteiger partial charge in [0.1, 0.15) is 0 Å². The van der Waals surface area contributed by atoms with Gasteiger partial charge in [0, 0.05) is 32.9 Å². The number of benzene rings is 12. The Morgan fingerprint density at radius 1 is 0.250 bits per heavy atom. The molecule has 356 valence electrons. The molecule has 0 amide bonds. The highest BCUT2D eigenvalue weighted by atomic mass is 28.3. The lowest BCUT2D eigenvalue weighted by atomic mass is 9.67. The van der Waals surface area contributed by atoms with Crippen molar-refractivity contribution in [2.45, 2.75) is 5.41 Å². The lowest BCUT2D eigenvalue weighted by Crippen LogP contribution is -2.74. The molecule has 14 aromatic rings. The minimum atomic E-state index is -2.68. The highest BCUT2D eigenvalue weighted by molar-refractivity contribution is 7.19. The highest BCUT2D eigenvalue weighted by Gasteiger charge is 2.46. The van der Waals surface area contributed by atoms with E-state index in [1.165, 1.54) is 109 Å². The second kappa shape index (κ2) is 17.6. The van der Waals surface area contributed by atoms with Gasteiger partial charge >= 0.3 is 0 Å². The van der Waals surface area contributed by atoms with Gasteiger partial charge in [-0.25, -0.2) is 0 Å². The van der Waals surface area contributed by atoms with Crippen LogP contribution in [0.2, 0.25) is 0 Å². The number of aromatic nitrogens is 2. The SMILES string of the molecule is c1ccc(C2(c3ccccc3)c3ccccc3-c3ccc(-c4ccc5c(c4)c4ccccc4n5-c4ccc5c(c4)c4ccccc4n5-c4ccc([Si](c5ccccc5)(c5ccccc5)c5ccccc5)cc4)cc32)cc1. The smallest absolute Gasteiger partial charge is 0.179 e. The largest absolute Gasteiger partial charge is 0.309 e. The van der Waals surface area contributed by atoms with Crippen LogP contribution in [-0.4, -0.2) is 17.2 Å². The van der Waals surface area contributed by atoms with Gasteiger partial charge in [0.15, 0.2) is 8.07 Å². The Morgan fingerprint density at radius 2 is 0.645 bits per heavy atom. The van der Waals surface area contributed by atoms with Gasteiger partial charge in [-0.2, -0.15) is 0 Å². The molecule has 0 aliphatic heterocycles. The Hall–Kier alpha value is -9.54. The standard InChI is InChI=1S/C73H50N2Si/c1-6-22-53(23-7-1)73(54-24-8-2-9-25-54)67-35-19-16-32-61(67)62-45-38-52(49-68(62)73)51-39-46-71-65(48-51)63-33-17-21-37-70(63)75(71)56-42-47-72-66(50-56)64-34-18-20-36-69(64)74(72)55-40-43-60(44-41-55)76(57-26-10-3-11-27-57,58-28-12-4-13-29-58)59-30-14-5-15-31-59/h1-50H. The van der Waals surface area contributed by atoms with Gasteiger partial charge in [-0.1, -0.05) is 243 Å². The molecule has 0 spiro atoms. The summed E-state index contributed by atoms with van der Waals surface area (Å²) in [6.45, 7) is 0. The quantitative estimate of drug-likeness (QED) is 0.101. The first-order valence-corrected chi connectivity index (χ1v) is 28.4. The van der Waals surface area contributed by atoms with Crippen molar-refractivity contribution in [1.29, 1.82) is 0 Å². The summed E-state index contributed by atoms with van der Waals surface area (Å²) in [5, 5.41) is 10.4. The second-order valence-electron chi connectivity index (χ2n) is 20.3. The zero-order valence-corrected chi connectivity index (χ0v) is 42.8. The molecule has 2 nitrogen and oxygen atoms in total. The van der Waals surface area contributed by atoms with Crippen molar-refractivity contribution in [3.8, 4) is 33.6 Å². The van der Waals surface area contributed by atoms with Crippen LogP contribution < -0.4 is 20.7 Å². The first kappa shape index (κ1) is 44.0. The predicted octanol–water partition coefficient (Wildman–Crippen LogP) is 15.3. The van der Waals surface area contributed by atoms with Gasteiger partial charge in [0.25, 0.3) is 0 Å². The first-order valence-electron chi connectivity index (χ1n) is 26.4. The summed E-state index contributed by atoms with van der Waals surface area (Å²) in [6, 6.07) is 113. The molecule has 0 bridgehead atoms. The number of para-hydroxylation sites is 2.